The van der Waals surface area contributed by atoms with E-state index in [0.29, 0.717) is 30.2 Å². The number of hydrogen-bond donors (Lipinski definition) is 3. The number of hydrogen-bond acceptors (Lipinski definition) is 6. The van der Waals surface area contributed by atoms with Crippen LogP contribution in [0, 0.1) is 0 Å². The smallest absolute Gasteiger partial charge is 0.335 e. The van der Waals surface area contributed by atoms with Gasteiger partial charge in [-0.05, 0) is 48.7 Å². The molecule has 2 rings (SSSR count). The zero-order valence-corrected chi connectivity index (χ0v) is 17.5. The first kappa shape index (κ1) is 22.5. The van der Waals surface area contributed by atoms with Gasteiger partial charge in [-0.1, -0.05) is 13.0 Å². The topological polar surface area (TPSA) is 114 Å². The maximum absolute atomic E-state index is 12.8. The lowest BCUT2D eigenvalue weighted by molar-refractivity contribution is 0.0696. The molecule has 3 N–H and O–H groups in total. The van der Waals surface area contributed by atoms with E-state index in [9.17, 15) is 18.3 Å². The molecule has 158 valence electrons. The monoisotopic (exact) mass is 422 g/mol. The fraction of sp³-hybridized carbons (Fsp3) is 0.350. The molecule has 0 saturated heterocycles. The van der Waals surface area contributed by atoms with Crippen molar-refractivity contribution in [1.82, 2.24) is 4.72 Å². The van der Waals surface area contributed by atoms with Gasteiger partial charge in [0.25, 0.3) is 0 Å². The van der Waals surface area contributed by atoms with Crippen molar-refractivity contribution in [2.45, 2.75) is 24.7 Å². The van der Waals surface area contributed by atoms with E-state index in [4.69, 9.17) is 9.47 Å². The molecule has 0 unspecified atom stereocenters. The molecule has 0 aliphatic rings. The molecule has 0 amide bonds. The van der Waals surface area contributed by atoms with Crippen LogP contribution in [0.15, 0.2) is 41.3 Å². The Bertz CT molecular complexity index is 959. The molecule has 0 aromatic heterocycles. The molecule has 2 aromatic rings. The Hall–Kier alpha value is -2.78. The number of aromatic carboxylic acids is 1. The Kier molecular flexibility index (Phi) is 7.86. The minimum atomic E-state index is -3.91. The molecule has 8 nitrogen and oxygen atoms in total. The number of rotatable bonds is 11. The lowest BCUT2D eigenvalue weighted by atomic mass is 10.1. The highest BCUT2D eigenvalue weighted by atomic mass is 32.2. The van der Waals surface area contributed by atoms with Crippen LogP contribution in [-0.4, -0.2) is 46.8 Å². The molecule has 2 aromatic carbocycles. The van der Waals surface area contributed by atoms with Gasteiger partial charge in [0.2, 0.25) is 10.0 Å². The number of anilines is 1. The Balaban J connectivity index is 2.18. The molecule has 0 radical (unpaired) electrons. The van der Waals surface area contributed by atoms with Crippen molar-refractivity contribution in [1.29, 1.82) is 0 Å². The van der Waals surface area contributed by atoms with Crippen molar-refractivity contribution in [3.8, 4) is 11.5 Å². The Morgan fingerprint density at radius 1 is 1.03 bits per heavy atom. The number of nitrogens with one attached hydrogen (secondary N) is 2. The van der Waals surface area contributed by atoms with Crippen LogP contribution in [0.1, 0.15) is 29.3 Å². The molecule has 0 fully saturated rings. The van der Waals surface area contributed by atoms with E-state index in [1.165, 1.54) is 25.3 Å². The zero-order valence-electron chi connectivity index (χ0n) is 16.7. The highest BCUT2D eigenvalue weighted by molar-refractivity contribution is 7.89. The van der Waals surface area contributed by atoms with Crippen molar-refractivity contribution in [2.24, 2.45) is 0 Å². The maximum Gasteiger partial charge on any atom is 0.335 e. The van der Waals surface area contributed by atoms with E-state index in [1.54, 1.807) is 19.2 Å². The molecule has 0 aliphatic heterocycles. The predicted octanol–water partition coefficient (Wildman–Crippen LogP) is 2.74. The molecule has 0 heterocycles. The summed E-state index contributed by atoms with van der Waals surface area (Å²) in [6.07, 6.45) is 1.23. The second-order valence-corrected chi connectivity index (χ2v) is 8.02. The highest BCUT2D eigenvalue weighted by Gasteiger charge is 2.20. The number of carboxylic acid groups (broad SMARTS) is 1. The van der Waals surface area contributed by atoms with Crippen LogP contribution in [0.4, 0.5) is 5.69 Å². The highest BCUT2D eigenvalue weighted by Crippen LogP contribution is 2.28. The van der Waals surface area contributed by atoms with Crippen molar-refractivity contribution in [3.63, 3.8) is 0 Å². The Morgan fingerprint density at radius 2 is 1.76 bits per heavy atom. The van der Waals surface area contributed by atoms with Gasteiger partial charge in [0.05, 0.1) is 25.5 Å². The largest absolute Gasteiger partial charge is 0.493 e. The van der Waals surface area contributed by atoms with Crippen LogP contribution in [0.3, 0.4) is 0 Å². The molecular weight excluding hydrogens is 396 g/mol. The third-order valence-electron chi connectivity index (χ3n) is 4.24. The number of ether oxygens (including phenoxy) is 2. The third-order valence-corrected chi connectivity index (χ3v) is 5.74. The van der Waals surface area contributed by atoms with Crippen LogP contribution < -0.4 is 19.5 Å². The summed E-state index contributed by atoms with van der Waals surface area (Å²) < 4.78 is 38.6. The van der Waals surface area contributed by atoms with E-state index in [0.717, 1.165) is 12.0 Å². The molecule has 0 saturated carbocycles. The molecule has 29 heavy (non-hydrogen) atoms. The van der Waals surface area contributed by atoms with Crippen LogP contribution in [0.25, 0.3) is 0 Å². The standard InChI is InChI=1S/C20H26N2O6S/c1-4-10-21-16-7-6-15(20(23)24)13-19(16)29(25,26)22-11-9-14-5-8-17(27-2)18(12-14)28-3/h5-8,12-13,21-22H,4,9-11H2,1-3H3,(H,23,24). The van der Waals surface area contributed by atoms with Gasteiger partial charge in [0.15, 0.2) is 11.5 Å². The van der Waals surface area contributed by atoms with Gasteiger partial charge in [0.1, 0.15) is 4.90 Å². The number of carboxylic acids is 1. The summed E-state index contributed by atoms with van der Waals surface area (Å²) in [5.41, 5.74) is 1.15. The van der Waals surface area contributed by atoms with E-state index in [2.05, 4.69) is 10.0 Å². The second kappa shape index (κ2) is 10.1. The summed E-state index contributed by atoms with van der Waals surface area (Å²) >= 11 is 0. The second-order valence-electron chi connectivity index (χ2n) is 6.28. The van der Waals surface area contributed by atoms with Crippen molar-refractivity contribution in [3.05, 3.63) is 47.5 Å². The first-order chi connectivity index (χ1) is 13.8. The van der Waals surface area contributed by atoms with Gasteiger partial charge in [-0.3, -0.25) is 0 Å². The minimum Gasteiger partial charge on any atom is -0.493 e. The lowest BCUT2D eigenvalue weighted by Crippen LogP contribution is -2.27. The summed E-state index contributed by atoms with van der Waals surface area (Å²) in [4.78, 5) is 11.2. The van der Waals surface area contributed by atoms with Gasteiger partial charge in [-0.15, -0.1) is 0 Å². The number of methoxy groups -OCH3 is 2. The van der Waals surface area contributed by atoms with Crippen molar-refractivity contribution < 1.29 is 27.8 Å². The van der Waals surface area contributed by atoms with E-state index >= 15 is 0 Å². The number of carbonyl (C=O) groups is 1. The quantitative estimate of drug-likeness (QED) is 0.510. The molecule has 0 atom stereocenters. The van der Waals surface area contributed by atoms with Crippen LogP contribution >= 0.6 is 0 Å². The van der Waals surface area contributed by atoms with Crippen LogP contribution in [0.5, 0.6) is 11.5 Å². The fourth-order valence-corrected chi connectivity index (χ4v) is 3.97. The summed E-state index contributed by atoms with van der Waals surface area (Å²) in [5, 5.41) is 12.2. The molecule has 0 aliphatic carbocycles. The predicted molar refractivity (Wildman–Crippen MR) is 111 cm³/mol. The van der Waals surface area contributed by atoms with E-state index in [-0.39, 0.29) is 17.0 Å². The molecular formula is C20H26N2O6S. The van der Waals surface area contributed by atoms with Gasteiger partial charge >= 0.3 is 5.97 Å². The van der Waals surface area contributed by atoms with Gasteiger partial charge < -0.3 is 19.9 Å². The van der Waals surface area contributed by atoms with E-state index in [1.807, 2.05) is 13.0 Å². The molecule has 0 bridgehead atoms. The zero-order chi connectivity index (χ0) is 21.4. The Morgan fingerprint density at radius 3 is 2.38 bits per heavy atom. The van der Waals surface area contributed by atoms with Crippen molar-refractivity contribution >= 4 is 21.7 Å². The van der Waals surface area contributed by atoms with Gasteiger partial charge in [-0.2, -0.15) is 0 Å². The summed E-state index contributed by atoms with van der Waals surface area (Å²) in [6, 6.07) is 9.39. The number of sulfonamides is 1. The molecule has 9 heteroatoms. The third kappa shape index (κ3) is 5.85. The lowest BCUT2D eigenvalue weighted by Gasteiger charge is -2.14. The maximum atomic E-state index is 12.8. The number of benzene rings is 2. The summed E-state index contributed by atoms with van der Waals surface area (Å²) in [5.74, 6) is -0.0316. The average molecular weight is 423 g/mol. The first-order valence-electron chi connectivity index (χ1n) is 9.14. The molecule has 0 spiro atoms. The van der Waals surface area contributed by atoms with Crippen LogP contribution in [0.2, 0.25) is 0 Å². The van der Waals surface area contributed by atoms with Gasteiger partial charge in [0, 0.05) is 13.1 Å². The van der Waals surface area contributed by atoms with Crippen molar-refractivity contribution in [2.75, 3.05) is 32.6 Å². The summed E-state index contributed by atoms with van der Waals surface area (Å²) in [6.45, 7) is 2.66. The normalized spacial score (nSPS) is 11.1. The minimum absolute atomic E-state index is 0.0850. The van der Waals surface area contributed by atoms with E-state index < -0.39 is 16.0 Å². The van der Waals surface area contributed by atoms with Gasteiger partial charge in [-0.25, -0.2) is 17.9 Å². The Labute approximate surface area is 170 Å². The SMILES string of the molecule is CCCNc1ccc(C(=O)O)cc1S(=O)(=O)NCCc1ccc(OC)c(OC)c1. The fourth-order valence-electron chi connectivity index (χ4n) is 2.73. The first-order valence-corrected chi connectivity index (χ1v) is 10.6. The average Bonchev–Trinajstić information content (AvgIpc) is 2.71. The summed E-state index contributed by atoms with van der Waals surface area (Å²) in [7, 11) is -0.833. The van der Waals surface area contributed by atoms with Crippen LogP contribution in [-0.2, 0) is 16.4 Å².